The Hall–Kier alpha value is -1.82. The number of allylic oxidation sites excluding steroid dienone is 2. The van der Waals surface area contributed by atoms with Gasteiger partial charge in [0, 0.05) is 0 Å². The molecule has 1 aromatic rings. The van der Waals surface area contributed by atoms with Crippen molar-refractivity contribution in [3.8, 4) is 0 Å². The molecule has 4 aliphatic rings. The van der Waals surface area contributed by atoms with Gasteiger partial charge in [-0.15, -0.1) is 0 Å². The zero-order chi connectivity index (χ0) is 17.2. The zero-order valence-electron chi connectivity index (χ0n) is 12.4. The molecule has 1 heterocycles. The van der Waals surface area contributed by atoms with Crippen molar-refractivity contribution in [2.75, 3.05) is 4.90 Å². The lowest BCUT2D eigenvalue weighted by atomic mass is 9.63. The number of rotatable bonds is 1. The van der Waals surface area contributed by atoms with Crippen molar-refractivity contribution < 1.29 is 22.8 Å². The molecular weight excluding hydrogens is 343 g/mol. The first kappa shape index (κ1) is 15.7. The van der Waals surface area contributed by atoms with E-state index in [0.29, 0.717) is 0 Å². The van der Waals surface area contributed by atoms with Crippen molar-refractivity contribution in [2.24, 2.45) is 23.7 Å². The highest BCUT2D eigenvalue weighted by Crippen LogP contribution is 2.51. The molecule has 2 fully saturated rings. The van der Waals surface area contributed by atoms with Crippen molar-refractivity contribution in [1.82, 2.24) is 0 Å². The fraction of sp³-hybridized carbons (Fsp3) is 0.412. The maximum absolute atomic E-state index is 13.0. The van der Waals surface area contributed by atoms with E-state index < -0.39 is 35.4 Å². The Morgan fingerprint density at radius 3 is 2.00 bits per heavy atom. The fourth-order valence-electron chi connectivity index (χ4n) is 4.17. The maximum atomic E-state index is 13.0. The van der Waals surface area contributed by atoms with Gasteiger partial charge in [-0.2, -0.15) is 13.2 Å². The zero-order valence-corrected chi connectivity index (χ0v) is 13.1. The number of benzene rings is 1. The number of imide groups is 1. The third-order valence-electron chi connectivity index (χ3n) is 5.27. The minimum Gasteiger partial charge on any atom is -0.274 e. The molecule has 7 heteroatoms. The number of nitrogens with zero attached hydrogens (tertiary/aromatic N) is 1. The van der Waals surface area contributed by atoms with E-state index in [1.165, 1.54) is 0 Å². The van der Waals surface area contributed by atoms with Gasteiger partial charge < -0.3 is 0 Å². The van der Waals surface area contributed by atoms with Crippen LogP contribution in [0.15, 0.2) is 30.4 Å². The number of hydrogen-bond donors (Lipinski definition) is 0. The van der Waals surface area contributed by atoms with E-state index in [1.807, 2.05) is 12.2 Å². The molecule has 1 saturated heterocycles. The van der Waals surface area contributed by atoms with Crippen molar-refractivity contribution in [3.05, 3.63) is 40.9 Å². The van der Waals surface area contributed by atoms with Crippen molar-refractivity contribution in [3.63, 3.8) is 0 Å². The van der Waals surface area contributed by atoms with Crippen LogP contribution in [0.3, 0.4) is 0 Å². The Morgan fingerprint density at radius 2 is 1.54 bits per heavy atom. The second-order valence-electron chi connectivity index (χ2n) is 6.52. The van der Waals surface area contributed by atoms with Gasteiger partial charge in [-0.25, -0.2) is 4.90 Å². The van der Waals surface area contributed by atoms with Gasteiger partial charge in [0.25, 0.3) is 0 Å². The lowest BCUT2D eigenvalue weighted by Crippen LogP contribution is -2.38. The number of fused-ring (bicyclic) bond motifs is 1. The summed E-state index contributed by atoms with van der Waals surface area (Å²) in [5.74, 6) is -1.88. The normalized spacial score (nSPS) is 31.8. The van der Waals surface area contributed by atoms with Gasteiger partial charge in [0.15, 0.2) is 0 Å². The molecule has 126 valence electrons. The van der Waals surface area contributed by atoms with E-state index in [1.54, 1.807) is 0 Å². The molecule has 5 rings (SSSR count). The van der Waals surface area contributed by atoms with Gasteiger partial charge >= 0.3 is 6.18 Å². The summed E-state index contributed by atoms with van der Waals surface area (Å²) < 4.78 is 38.9. The van der Waals surface area contributed by atoms with Crippen LogP contribution in [-0.2, 0) is 15.8 Å². The Morgan fingerprint density at radius 1 is 1.00 bits per heavy atom. The van der Waals surface area contributed by atoms with E-state index in [2.05, 4.69) is 0 Å². The molecule has 2 bridgehead atoms. The molecule has 24 heavy (non-hydrogen) atoms. The quantitative estimate of drug-likeness (QED) is 0.562. The predicted molar refractivity (Wildman–Crippen MR) is 81.3 cm³/mol. The maximum Gasteiger partial charge on any atom is 0.416 e. The smallest absolute Gasteiger partial charge is 0.274 e. The van der Waals surface area contributed by atoms with Crippen LogP contribution in [0, 0.1) is 23.7 Å². The van der Waals surface area contributed by atoms with Gasteiger partial charge in [0.05, 0.1) is 28.1 Å². The van der Waals surface area contributed by atoms with Gasteiger partial charge in [-0.05, 0) is 42.9 Å². The molecule has 3 nitrogen and oxygen atoms in total. The predicted octanol–water partition coefficient (Wildman–Crippen LogP) is 4.06. The Balaban J connectivity index is 1.78. The topological polar surface area (TPSA) is 37.4 Å². The van der Waals surface area contributed by atoms with Gasteiger partial charge in [0.1, 0.15) is 0 Å². The molecule has 1 aliphatic heterocycles. The lowest BCUT2D eigenvalue weighted by Gasteiger charge is -2.38. The number of hydrogen-bond acceptors (Lipinski definition) is 2. The number of halogens is 4. The number of amides is 2. The molecule has 4 atom stereocenters. The summed E-state index contributed by atoms with van der Waals surface area (Å²) in [6.45, 7) is 0. The Kier molecular flexibility index (Phi) is 3.33. The first-order chi connectivity index (χ1) is 11.3. The standard InChI is InChI=1S/C17H13ClF3NO2/c18-11-6-5-10(17(19,20)21)7-12(11)22-15(23)13-8-1-2-9(4-3-8)14(13)16(22)24/h1-2,5-9,13-14H,3-4H2/t8-,9+,13-,14-/m0/s1. The Labute approximate surface area is 141 Å². The second kappa shape index (κ2) is 5.09. The highest BCUT2D eigenvalue weighted by Gasteiger charge is 2.57. The highest BCUT2D eigenvalue weighted by atomic mass is 35.5. The van der Waals surface area contributed by atoms with E-state index in [9.17, 15) is 22.8 Å². The van der Waals surface area contributed by atoms with Gasteiger partial charge in [-0.1, -0.05) is 23.8 Å². The minimum atomic E-state index is -4.57. The summed E-state index contributed by atoms with van der Waals surface area (Å²) in [6.07, 6.45) is 0.991. The first-order valence-corrected chi connectivity index (χ1v) is 8.09. The van der Waals surface area contributed by atoms with Crippen LogP contribution in [-0.4, -0.2) is 11.8 Å². The van der Waals surface area contributed by atoms with Crippen LogP contribution in [0.2, 0.25) is 5.02 Å². The van der Waals surface area contributed by atoms with Crippen LogP contribution >= 0.6 is 11.6 Å². The fourth-order valence-corrected chi connectivity index (χ4v) is 4.37. The van der Waals surface area contributed by atoms with Gasteiger partial charge in [0.2, 0.25) is 11.8 Å². The molecule has 0 spiro atoms. The second-order valence-corrected chi connectivity index (χ2v) is 6.92. The largest absolute Gasteiger partial charge is 0.416 e. The summed E-state index contributed by atoms with van der Waals surface area (Å²) in [5.41, 5.74) is -1.10. The molecule has 3 aliphatic carbocycles. The molecule has 0 N–H and O–H groups in total. The summed E-state index contributed by atoms with van der Waals surface area (Å²) in [4.78, 5) is 26.4. The molecule has 0 radical (unpaired) electrons. The summed E-state index contributed by atoms with van der Waals surface area (Å²) in [7, 11) is 0. The van der Waals surface area contributed by atoms with Crippen LogP contribution in [0.1, 0.15) is 18.4 Å². The monoisotopic (exact) mass is 355 g/mol. The number of carbonyl (C=O) groups excluding carboxylic acids is 2. The molecular formula is C17H13ClF3NO2. The van der Waals surface area contributed by atoms with E-state index in [-0.39, 0.29) is 22.5 Å². The highest BCUT2D eigenvalue weighted by molar-refractivity contribution is 6.36. The minimum absolute atomic E-state index is 0.0222. The SMILES string of the molecule is O=C1[C@@H]2[C@@H](C(=O)N1c1cc(C(F)(F)F)ccc1Cl)[C@H]1C=C[C@@H]2CC1. The van der Waals surface area contributed by atoms with E-state index in [0.717, 1.165) is 35.9 Å². The molecule has 1 aromatic carbocycles. The third kappa shape index (κ3) is 2.12. The van der Waals surface area contributed by atoms with Gasteiger partial charge in [-0.3, -0.25) is 9.59 Å². The summed E-state index contributed by atoms with van der Waals surface area (Å²) >= 11 is 6.01. The number of alkyl halides is 3. The van der Waals surface area contributed by atoms with Crippen molar-refractivity contribution in [2.45, 2.75) is 19.0 Å². The summed E-state index contributed by atoms with van der Waals surface area (Å²) in [5, 5.41) is -0.0383. The molecule has 0 aromatic heterocycles. The van der Waals surface area contributed by atoms with Crippen molar-refractivity contribution in [1.29, 1.82) is 0 Å². The molecule has 1 saturated carbocycles. The van der Waals surface area contributed by atoms with E-state index >= 15 is 0 Å². The number of anilines is 1. The van der Waals surface area contributed by atoms with Crippen LogP contribution in [0.25, 0.3) is 0 Å². The van der Waals surface area contributed by atoms with Crippen LogP contribution < -0.4 is 4.90 Å². The van der Waals surface area contributed by atoms with Crippen LogP contribution in [0.5, 0.6) is 0 Å². The molecule has 2 amide bonds. The first-order valence-electron chi connectivity index (χ1n) is 7.72. The average Bonchev–Trinajstić information content (AvgIpc) is 2.82. The average molecular weight is 356 g/mol. The summed E-state index contributed by atoms with van der Waals surface area (Å²) in [6, 6.07) is 2.70. The van der Waals surface area contributed by atoms with E-state index in [4.69, 9.17) is 11.6 Å². The lowest BCUT2D eigenvalue weighted by molar-refractivity contribution is -0.137. The van der Waals surface area contributed by atoms with Crippen LogP contribution in [0.4, 0.5) is 18.9 Å². The number of carbonyl (C=O) groups is 2. The third-order valence-corrected chi connectivity index (χ3v) is 5.59. The van der Waals surface area contributed by atoms with Crippen molar-refractivity contribution >= 4 is 29.1 Å². The Bertz CT molecular complexity index is 742. The molecule has 0 unspecified atom stereocenters.